The molecule has 0 radical (unpaired) electrons. The van der Waals surface area contributed by atoms with Crippen molar-refractivity contribution >= 4 is 5.91 Å². The van der Waals surface area contributed by atoms with Crippen molar-refractivity contribution in [2.45, 2.75) is 18.9 Å². The van der Waals surface area contributed by atoms with Gasteiger partial charge >= 0.3 is 0 Å². The predicted molar refractivity (Wildman–Crippen MR) is 140 cm³/mol. The molecule has 5 rings (SSSR count). The van der Waals surface area contributed by atoms with Gasteiger partial charge in [0, 0.05) is 43.6 Å². The Labute approximate surface area is 216 Å². The number of hydrogen-bond donors (Lipinski definition) is 1. The summed E-state index contributed by atoms with van der Waals surface area (Å²) in [6.07, 6.45) is 0.638. The summed E-state index contributed by atoms with van der Waals surface area (Å²) in [6, 6.07) is 26.2. The third-order valence-electron chi connectivity index (χ3n) is 6.55. The Hall–Kier alpha value is -3.81. The number of carbonyl (C=O) groups excluding carboxylic acids is 1. The van der Waals surface area contributed by atoms with Crippen LogP contribution in [0.15, 0.2) is 89.3 Å². The van der Waals surface area contributed by atoms with E-state index in [4.69, 9.17) is 14.1 Å². The van der Waals surface area contributed by atoms with Gasteiger partial charge in [-0.3, -0.25) is 9.69 Å². The van der Waals surface area contributed by atoms with Crippen molar-refractivity contribution in [2.24, 2.45) is 0 Å². The van der Waals surface area contributed by atoms with Crippen molar-refractivity contribution in [2.75, 3.05) is 32.8 Å². The number of rotatable bonds is 9. The zero-order chi connectivity index (χ0) is 25.5. The van der Waals surface area contributed by atoms with Gasteiger partial charge in [0.25, 0.3) is 0 Å². The van der Waals surface area contributed by atoms with Crippen molar-refractivity contribution in [1.29, 1.82) is 0 Å². The SMILES string of the molecule is O=C(CCc1nc(-c2ccccc2)c(-c2ccccc2)o1)NCC(c1ccc(F)cc1)N1CCOCC1. The number of nitrogens with one attached hydrogen (secondary N) is 1. The second kappa shape index (κ2) is 12.0. The average molecular weight is 500 g/mol. The average Bonchev–Trinajstić information content (AvgIpc) is 3.39. The third kappa shape index (κ3) is 6.31. The van der Waals surface area contributed by atoms with E-state index in [-0.39, 0.29) is 24.2 Å². The first-order chi connectivity index (χ1) is 18.2. The Morgan fingerprint density at radius 3 is 2.24 bits per heavy atom. The van der Waals surface area contributed by atoms with Gasteiger partial charge in [-0.1, -0.05) is 72.8 Å². The summed E-state index contributed by atoms with van der Waals surface area (Å²) < 4.78 is 25.1. The van der Waals surface area contributed by atoms with Crippen LogP contribution in [0, 0.1) is 5.82 Å². The van der Waals surface area contributed by atoms with Crippen LogP contribution in [-0.2, 0) is 16.0 Å². The summed E-state index contributed by atoms with van der Waals surface area (Å²) >= 11 is 0. The topological polar surface area (TPSA) is 67.6 Å². The molecule has 0 bridgehead atoms. The molecular formula is C30H30FN3O3. The predicted octanol–water partition coefficient (Wildman–Crippen LogP) is 5.27. The minimum absolute atomic E-state index is 0.0513. The van der Waals surface area contributed by atoms with Crippen LogP contribution < -0.4 is 5.32 Å². The van der Waals surface area contributed by atoms with E-state index in [1.807, 2.05) is 60.7 Å². The maximum absolute atomic E-state index is 13.5. The molecule has 37 heavy (non-hydrogen) atoms. The zero-order valence-corrected chi connectivity index (χ0v) is 20.6. The molecule has 190 valence electrons. The molecule has 0 aliphatic carbocycles. The summed E-state index contributed by atoms with van der Waals surface area (Å²) in [5.41, 5.74) is 3.65. The molecule has 1 saturated heterocycles. The van der Waals surface area contributed by atoms with Gasteiger partial charge in [0.15, 0.2) is 11.7 Å². The fraction of sp³-hybridized carbons (Fsp3) is 0.267. The van der Waals surface area contributed by atoms with Crippen molar-refractivity contribution < 1.29 is 18.3 Å². The molecule has 1 aliphatic heterocycles. The Balaban J connectivity index is 1.26. The first kappa shape index (κ1) is 24.9. The minimum atomic E-state index is -0.274. The first-order valence-corrected chi connectivity index (χ1v) is 12.6. The molecule has 0 spiro atoms. The molecule has 1 amide bonds. The smallest absolute Gasteiger partial charge is 0.220 e. The summed E-state index contributed by atoms with van der Waals surface area (Å²) in [7, 11) is 0. The van der Waals surface area contributed by atoms with Crippen LogP contribution in [0.3, 0.4) is 0 Å². The van der Waals surface area contributed by atoms with E-state index in [1.54, 1.807) is 12.1 Å². The van der Waals surface area contributed by atoms with Gasteiger partial charge < -0.3 is 14.5 Å². The van der Waals surface area contributed by atoms with Gasteiger partial charge in [0.1, 0.15) is 11.5 Å². The monoisotopic (exact) mass is 499 g/mol. The van der Waals surface area contributed by atoms with Crippen molar-refractivity contribution in [3.8, 4) is 22.6 Å². The van der Waals surface area contributed by atoms with Crippen LogP contribution in [0.1, 0.15) is 23.9 Å². The number of aromatic nitrogens is 1. The van der Waals surface area contributed by atoms with Crippen LogP contribution in [0.25, 0.3) is 22.6 Å². The van der Waals surface area contributed by atoms with E-state index >= 15 is 0 Å². The van der Waals surface area contributed by atoms with Crippen LogP contribution >= 0.6 is 0 Å². The normalized spacial score (nSPS) is 14.8. The van der Waals surface area contributed by atoms with E-state index in [9.17, 15) is 9.18 Å². The van der Waals surface area contributed by atoms with Gasteiger partial charge in [0.2, 0.25) is 5.91 Å². The molecular weight excluding hydrogens is 469 g/mol. The summed E-state index contributed by atoms with van der Waals surface area (Å²) in [5, 5.41) is 3.06. The molecule has 0 saturated carbocycles. The van der Waals surface area contributed by atoms with Gasteiger partial charge in [-0.25, -0.2) is 9.37 Å². The van der Waals surface area contributed by atoms with E-state index < -0.39 is 0 Å². The molecule has 3 aromatic carbocycles. The maximum Gasteiger partial charge on any atom is 0.220 e. The second-order valence-electron chi connectivity index (χ2n) is 9.04. The van der Waals surface area contributed by atoms with E-state index in [2.05, 4.69) is 10.2 Å². The highest BCUT2D eigenvalue weighted by Gasteiger charge is 2.24. The minimum Gasteiger partial charge on any atom is -0.440 e. The molecule has 4 aromatic rings. The molecule has 1 aromatic heterocycles. The summed E-state index contributed by atoms with van der Waals surface area (Å²) in [5.74, 6) is 0.868. The van der Waals surface area contributed by atoms with Crippen LogP contribution in [0.4, 0.5) is 4.39 Å². The van der Waals surface area contributed by atoms with Crippen LogP contribution in [-0.4, -0.2) is 48.6 Å². The van der Waals surface area contributed by atoms with Crippen molar-refractivity contribution in [1.82, 2.24) is 15.2 Å². The highest BCUT2D eigenvalue weighted by atomic mass is 19.1. The number of oxazole rings is 1. The zero-order valence-electron chi connectivity index (χ0n) is 20.6. The molecule has 1 N–H and O–H groups in total. The highest BCUT2D eigenvalue weighted by Crippen LogP contribution is 2.33. The Bertz CT molecular complexity index is 1230. The first-order valence-electron chi connectivity index (χ1n) is 12.6. The molecule has 1 atom stereocenters. The van der Waals surface area contributed by atoms with E-state index in [0.29, 0.717) is 37.8 Å². The molecule has 2 heterocycles. The van der Waals surface area contributed by atoms with Gasteiger partial charge in [0.05, 0.1) is 19.3 Å². The quantitative estimate of drug-likeness (QED) is 0.340. The molecule has 1 fully saturated rings. The number of amides is 1. The number of ether oxygens (including phenoxy) is 1. The van der Waals surface area contributed by atoms with Gasteiger partial charge in [-0.2, -0.15) is 0 Å². The summed E-state index contributed by atoms with van der Waals surface area (Å²) in [6.45, 7) is 3.24. The van der Waals surface area contributed by atoms with Gasteiger partial charge in [-0.05, 0) is 17.7 Å². The Kier molecular flexibility index (Phi) is 8.03. The molecule has 7 heteroatoms. The number of carbonyl (C=O) groups is 1. The molecule has 1 aliphatic rings. The van der Waals surface area contributed by atoms with Crippen LogP contribution in [0.5, 0.6) is 0 Å². The fourth-order valence-corrected chi connectivity index (χ4v) is 4.60. The summed E-state index contributed by atoms with van der Waals surface area (Å²) in [4.78, 5) is 19.9. The number of aryl methyl sites for hydroxylation is 1. The lowest BCUT2D eigenvalue weighted by Crippen LogP contribution is -2.43. The van der Waals surface area contributed by atoms with E-state index in [1.165, 1.54) is 12.1 Å². The lowest BCUT2D eigenvalue weighted by Gasteiger charge is -2.35. The Morgan fingerprint density at radius 1 is 0.919 bits per heavy atom. The highest BCUT2D eigenvalue weighted by molar-refractivity contribution is 5.78. The largest absolute Gasteiger partial charge is 0.440 e. The molecule has 1 unspecified atom stereocenters. The lowest BCUT2D eigenvalue weighted by molar-refractivity contribution is -0.121. The van der Waals surface area contributed by atoms with Crippen LogP contribution in [0.2, 0.25) is 0 Å². The molecule has 6 nitrogen and oxygen atoms in total. The fourth-order valence-electron chi connectivity index (χ4n) is 4.60. The number of nitrogens with zero attached hydrogens (tertiary/aromatic N) is 2. The van der Waals surface area contributed by atoms with Crippen molar-refractivity contribution in [3.63, 3.8) is 0 Å². The Morgan fingerprint density at radius 2 is 1.57 bits per heavy atom. The maximum atomic E-state index is 13.5. The number of halogens is 1. The standard InChI is InChI=1S/C30H30FN3O3/c31-25-13-11-22(12-14-25)26(34-17-19-36-20-18-34)21-32-27(35)15-16-28-33-29(23-7-3-1-4-8-23)30(37-28)24-9-5-2-6-10-24/h1-14,26H,15-21H2,(H,32,35). The van der Waals surface area contributed by atoms with Crippen molar-refractivity contribution in [3.05, 3.63) is 102 Å². The van der Waals surface area contributed by atoms with Gasteiger partial charge in [-0.15, -0.1) is 0 Å². The number of hydrogen-bond acceptors (Lipinski definition) is 5. The van der Waals surface area contributed by atoms with E-state index in [0.717, 1.165) is 35.5 Å². The lowest BCUT2D eigenvalue weighted by atomic mass is 10.0. The third-order valence-corrected chi connectivity index (χ3v) is 6.55. The number of benzene rings is 3. The number of morpholine rings is 1. The second-order valence-corrected chi connectivity index (χ2v) is 9.04.